The van der Waals surface area contributed by atoms with Gasteiger partial charge in [0, 0.05) is 23.7 Å². The van der Waals surface area contributed by atoms with Crippen molar-refractivity contribution >= 4 is 23.2 Å². The van der Waals surface area contributed by atoms with Crippen LogP contribution in [0.4, 0.5) is 5.69 Å². The van der Waals surface area contributed by atoms with Crippen LogP contribution in [0.25, 0.3) is 0 Å². The van der Waals surface area contributed by atoms with Crippen LogP contribution in [-0.4, -0.2) is 19.0 Å². The van der Waals surface area contributed by atoms with Crippen molar-refractivity contribution in [1.29, 1.82) is 0 Å². The lowest BCUT2D eigenvalue weighted by Gasteiger charge is -2.09. The molecule has 4 heteroatoms. The Labute approximate surface area is 149 Å². The molecule has 0 atom stereocenters. The second-order valence-corrected chi connectivity index (χ2v) is 6.64. The number of hydrogen-bond acceptors (Lipinski definition) is 2. The summed E-state index contributed by atoms with van der Waals surface area (Å²) >= 11 is 5.86. The molecule has 1 amide bonds. The summed E-state index contributed by atoms with van der Waals surface area (Å²) in [5.41, 5.74) is 3.36. The molecule has 128 valence electrons. The molecular formula is C20H25ClN2O. The predicted molar refractivity (Wildman–Crippen MR) is 102 cm³/mol. The highest BCUT2D eigenvalue weighted by atomic mass is 35.5. The first-order chi connectivity index (χ1) is 11.5. The van der Waals surface area contributed by atoms with E-state index < -0.39 is 0 Å². The van der Waals surface area contributed by atoms with E-state index in [1.165, 1.54) is 11.1 Å². The molecule has 0 bridgehead atoms. The van der Waals surface area contributed by atoms with Crippen molar-refractivity contribution in [2.24, 2.45) is 0 Å². The Morgan fingerprint density at radius 2 is 1.67 bits per heavy atom. The first-order valence-corrected chi connectivity index (χ1v) is 8.77. The van der Waals surface area contributed by atoms with Crippen molar-refractivity contribution in [2.75, 3.05) is 18.4 Å². The molecule has 2 rings (SSSR count). The highest BCUT2D eigenvalue weighted by Crippen LogP contribution is 2.17. The molecule has 2 N–H and O–H groups in total. The van der Waals surface area contributed by atoms with Gasteiger partial charge < -0.3 is 10.6 Å². The summed E-state index contributed by atoms with van der Waals surface area (Å²) in [6.07, 6.45) is 1.39. The minimum Gasteiger partial charge on any atom is -0.326 e. The Balaban J connectivity index is 1.63. The third-order valence-corrected chi connectivity index (χ3v) is 4.15. The second-order valence-electron chi connectivity index (χ2n) is 6.20. The summed E-state index contributed by atoms with van der Waals surface area (Å²) in [6, 6.07) is 15.9. The Hall–Kier alpha value is -1.84. The van der Waals surface area contributed by atoms with Crippen LogP contribution in [-0.2, 0) is 11.2 Å². The third-order valence-electron chi connectivity index (χ3n) is 3.89. The fourth-order valence-electron chi connectivity index (χ4n) is 2.39. The normalized spacial score (nSPS) is 10.8. The zero-order chi connectivity index (χ0) is 17.4. The fraction of sp³-hybridized carbons (Fsp3) is 0.350. The number of carbonyl (C=O) groups excluding carboxylic acids is 1. The van der Waals surface area contributed by atoms with Crippen molar-refractivity contribution < 1.29 is 4.79 Å². The zero-order valence-corrected chi connectivity index (χ0v) is 15.1. The molecule has 3 nitrogen and oxygen atoms in total. The van der Waals surface area contributed by atoms with Gasteiger partial charge in [-0.25, -0.2) is 0 Å². The van der Waals surface area contributed by atoms with E-state index in [1.807, 2.05) is 36.4 Å². The minimum atomic E-state index is 0.0336. The zero-order valence-electron chi connectivity index (χ0n) is 14.3. The molecule has 0 saturated carbocycles. The average Bonchev–Trinajstić information content (AvgIpc) is 2.56. The second kappa shape index (κ2) is 9.45. The summed E-state index contributed by atoms with van der Waals surface area (Å²) in [6.45, 7) is 5.83. The topological polar surface area (TPSA) is 41.1 Å². The maximum absolute atomic E-state index is 11.9. The number of anilines is 1. The van der Waals surface area contributed by atoms with E-state index >= 15 is 0 Å². The molecule has 0 spiro atoms. The van der Waals surface area contributed by atoms with Crippen molar-refractivity contribution in [3.8, 4) is 0 Å². The Kier molecular flexibility index (Phi) is 7.29. The fourth-order valence-corrected chi connectivity index (χ4v) is 2.51. The van der Waals surface area contributed by atoms with Gasteiger partial charge in [-0.05, 0) is 54.3 Å². The quantitative estimate of drug-likeness (QED) is 0.686. The molecule has 0 aliphatic rings. The lowest BCUT2D eigenvalue weighted by atomic mass is 10.0. The van der Waals surface area contributed by atoms with Gasteiger partial charge in [0.15, 0.2) is 0 Å². The molecule has 0 aliphatic carbocycles. The molecule has 0 saturated heterocycles. The Morgan fingerprint density at radius 1 is 1.00 bits per heavy atom. The van der Waals surface area contributed by atoms with E-state index in [0.29, 0.717) is 18.9 Å². The minimum absolute atomic E-state index is 0.0336. The Bertz CT molecular complexity index is 636. The number of nitrogens with one attached hydrogen (secondary N) is 2. The SMILES string of the molecule is CC(C)c1ccc(NC(=O)CCNCCc2ccc(Cl)cc2)cc1. The van der Waals surface area contributed by atoms with Crippen LogP contribution < -0.4 is 10.6 Å². The number of benzene rings is 2. The van der Waals surface area contributed by atoms with Crippen LogP contribution in [0, 0.1) is 0 Å². The smallest absolute Gasteiger partial charge is 0.225 e. The average molecular weight is 345 g/mol. The lowest BCUT2D eigenvalue weighted by Crippen LogP contribution is -2.23. The summed E-state index contributed by atoms with van der Waals surface area (Å²) in [5, 5.41) is 6.98. The highest BCUT2D eigenvalue weighted by Gasteiger charge is 2.03. The molecule has 24 heavy (non-hydrogen) atoms. The lowest BCUT2D eigenvalue weighted by molar-refractivity contribution is -0.116. The van der Waals surface area contributed by atoms with Gasteiger partial charge >= 0.3 is 0 Å². The van der Waals surface area contributed by atoms with Gasteiger partial charge in [0.05, 0.1) is 0 Å². The molecular weight excluding hydrogens is 320 g/mol. The monoisotopic (exact) mass is 344 g/mol. The van der Waals surface area contributed by atoms with Crippen LogP contribution in [0.5, 0.6) is 0 Å². The number of amides is 1. The summed E-state index contributed by atoms with van der Waals surface area (Å²) in [4.78, 5) is 11.9. The van der Waals surface area contributed by atoms with E-state index in [0.717, 1.165) is 23.7 Å². The molecule has 2 aromatic rings. The van der Waals surface area contributed by atoms with E-state index in [1.54, 1.807) is 0 Å². The van der Waals surface area contributed by atoms with E-state index in [9.17, 15) is 4.79 Å². The number of hydrogen-bond donors (Lipinski definition) is 2. The highest BCUT2D eigenvalue weighted by molar-refractivity contribution is 6.30. The van der Waals surface area contributed by atoms with Crippen molar-refractivity contribution in [2.45, 2.75) is 32.6 Å². The van der Waals surface area contributed by atoms with Gasteiger partial charge in [-0.2, -0.15) is 0 Å². The Morgan fingerprint density at radius 3 is 2.29 bits per heavy atom. The molecule has 0 unspecified atom stereocenters. The van der Waals surface area contributed by atoms with Crippen LogP contribution in [0.2, 0.25) is 5.02 Å². The molecule has 2 aromatic carbocycles. The largest absolute Gasteiger partial charge is 0.326 e. The maximum Gasteiger partial charge on any atom is 0.225 e. The summed E-state index contributed by atoms with van der Waals surface area (Å²) < 4.78 is 0. The number of carbonyl (C=O) groups is 1. The van der Waals surface area contributed by atoms with E-state index in [2.05, 4.69) is 36.6 Å². The van der Waals surface area contributed by atoms with Gasteiger partial charge in [-0.3, -0.25) is 4.79 Å². The van der Waals surface area contributed by atoms with Crippen LogP contribution in [0.3, 0.4) is 0 Å². The molecule has 0 heterocycles. The summed E-state index contributed by atoms with van der Waals surface area (Å²) in [5.74, 6) is 0.533. The first-order valence-electron chi connectivity index (χ1n) is 8.39. The van der Waals surface area contributed by atoms with Crippen LogP contribution >= 0.6 is 11.6 Å². The van der Waals surface area contributed by atoms with Gasteiger partial charge in [-0.1, -0.05) is 49.7 Å². The molecule has 0 aliphatic heterocycles. The number of halogens is 1. The molecule has 0 aromatic heterocycles. The van der Waals surface area contributed by atoms with Gasteiger partial charge in [0.25, 0.3) is 0 Å². The van der Waals surface area contributed by atoms with Gasteiger partial charge in [0.2, 0.25) is 5.91 Å². The van der Waals surface area contributed by atoms with Gasteiger partial charge in [0.1, 0.15) is 0 Å². The standard InChI is InChI=1S/C20H25ClN2O/c1-15(2)17-5-9-19(10-6-17)23-20(24)12-14-22-13-11-16-3-7-18(21)8-4-16/h3-10,15,22H,11-14H2,1-2H3,(H,23,24). The van der Waals surface area contributed by atoms with Crippen molar-refractivity contribution in [3.63, 3.8) is 0 Å². The van der Waals surface area contributed by atoms with Crippen molar-refractivity contribution in [1.82, 2.24) is 5.32 Å². The van der Waals surface area contributed by atoms with E-state index in [-0.39, 0.29) is 5.91 Å². The van der Waals surface area contributed by atoms with Gasteiger partial charge in [-0.15, -0.1) is 0 Å². The van der Waals surface area contributed by atoms with Crippen LogP contribution in [0.15, 0.2) is 48.5 Å². The first kappa shape index (κ1) is 18.5. The van der Waals surface area contributed by atoms with Crippen molar-refractivity contribution in [3.05, 3.63) is 64.7 Å². The summed E-state index contributed by atoms with van der Waals surface area (Å²) in [7, 11) is 0. The number of rotatable bonds is 8. The van der Waals surface area contributed by atoms with E-state index in [4.69, 9.17) is 11.6 Å². The van der Waals surface area contributed by atoms with Crippen LogP contribution in [0.1, 0.15) is 37.3 Å². The maximum atomic E-state index is 11.9. The molecule has 0 fully saturated rings. The molecule has 0 radical (unpaired) electrons. The predicted octanol–water partition coefficient (Wildman–Crippen LogP) is 4.62. The third kappa shape index (κ3) is 6.34.